The van der Waals surface area contributed by atoms with Crippen LogP contribution < -0.4 is 0 Å². The largest absolute Gasteiger partial charge is 0.208 e. The molecule has 0 spiro atoms. The fraction of sp³-hybridized carbons (Fsp3) is 0. The Labute approximate surface area is 243 Å². The highest BCUT2D eigenvalue weighted by molar-refractivity contribution is 6.32. The third-order valence-electron chi connectivity index (χ3n) is 7.20. The molecule has 6 aromatic carbocycles. The summed E-state index contributed by atoms with van der Waals surface area (Å²) in [6, 6.07) is 49.4. The van der Waals surface area contributed by atoms with Crippen LogP contribution in [0.2, 0.25) is 5.02 Å². The molecule has 7 aromatic rings. The molecule has 0 aliphatic heterocycles. The molecule has 41 heavy (non-hydrogen) atoms. The van der Waals surface area contributed by atoms with E-state index >= 15 is 0 Å². The molecule has 0 saturated heterocycles. The number of nitrogens with zero attached hydrogens (tertiary/aromatic N) is 3. The van der Waals surface area contributed by atoms with Gasteiger partial charge in [-0.2, -0.15) is 0 Å². The van der Waals surface area contributed by atoms with E-state index in [9.17, 15) is 0 Å². The lowest BCUT2D eigenvalue weighted by atomic mass is 9.97. The smallest absolute Gasteiger partial charge is 0.164 e. The Hall–Kier alpha value is -5.12. The first-order valence-electron chi connectivity index (χ1n) is 13.5. The minimum Gasteiger partial charge on any atom is -0.208 e. The molecule has 0 amide bonds. The van der Waals surface area contributed by atoms with Crippen molar-refractivity contribution in [2.45, 2.75) is 0 Å². The van der Waals surface area contributed by atoms with E-state index in [1.807, 2.05) is 66.7 Å². The summed E-state index contributed by atoms with van der Waals surface area (Å²) in [5.74, 6) is 1.91. The van der Waals surface area contributed by atoms with Crippen LogP contribution in [0.5, 0.6) is 0 Å². The molecule has 0 aliphatic rings. The standard InChI is InChI=1S/C37H24ClN3/c38-32-23-31-13-7-8-14-33(31)34(24-32)27-17-21-30(22-18-27)37-40-35(28-11-5-2-6-12-28)39-36(41-37)29-19-15-26(16-20-29)25-9-3-1-4-10-25/h1-24H. The lowest BCUT2D eigenvalue weighted by Crippen LogP contribution is -2.00. The van der Waals surface area contributed by atoms with Crippen LogP contribution in [-0.4, -0.2) is 15.0 Å². The van der Waals surface area contributed by atoms with Crippen molar-refractivity contribution in [1.29, 1.82) is 0 Å². The van der Waals surface area contributed by atoms with Crippen molar-refractivity contribution in [3.05, 3.63) is 151 Å². The summed E-state index contributed by atoms with van der Waals surface area (Å²) >= 11 is 6.47. The molecule has 0 saturated carbocycles. The van der Waals surface area contributed by atoms with Crippen LogP contribution in [0.15, 0.2) is 146 Å². The third-order valence-corrected chi connectivity index (χ3v) is 7.42. The Bertz CT molecular complexity index is 1970. The van der Waals surface area contributed by atoms with E-state index in [0.717, 1.165) is 49.2 Å². The first kappa shape index (κ1) is 24.9. The second-order valence-electron chi connectivity index (χ2n) is 9.87. The van der Waals surface area contributed by atoms with E-state index in [4.69, 9.17) is 26.6 Å². The summed E-state index contributed by atoms with van der Waals surface area (Å²) < 4.78 is 0. The molecule has 0 unspecified atom stereocenters. The molecule has 0 atom stereocenters. The van der Waals surface area contributed by atoms with Crippen molar-refractivity contribution in [2.24, 2.45) is 0 Å². The highest BCUT2D eigenvalue weighted by Gasteiger charge is 2.13. The fourth-order valence-corrected chi connectivity index (χ4v) is 5.33. The minimum atomic E-state index is 0.628. The number of hydrogen-bond acceptors (Lipinski definition) is 3. The average Bonchev–Trinajstić information content (AvgIpc) is 3.05. The minimum absolute atomic E-state index is 0.628. The summed E-state index contributed by atoms with van der Waals surface area (Å²) in [6.07, 6.45) is 0. The number of halogens is 1. The van der Waals surface area contributed by atoms with Gasteiger partial charge in [-0.25, -0.2) is 15.0 Å². The van der Waals surface area contributed by atoms with Gasteiger partial charge >= 0.3 is 0 Å². The molecular weight excluding hydrogens is 522 g/mol. The van der Waals surface area contributed by atoms with Gasteiger partial charge in [-0.1, -0.05) is 145 Å². The quantitative estimate of drug-likeness (QED) is 0.216. The van der Waals surface area contributed by atoms with E-state index in [-0.39, 0.29) is 0 Å². The molecule has 4 heteroatoms. The molecule has 0 radical (unpaired) electrons. The number of aromatic nitrogens is 3. The monoisotopic (exact) mass is 545 g/mol. The normalized spacial score (nSPS) is 11.0. The van der Waals surface area contributed by atoms with Crippen LogP contribution in [0.4, 0.5) is 0 Å². The number of hydrogen-bond donors (Lipinski definition) is 0. The Morgan fingerprint density at radius 2 is 0.780 bits per heavy atom. The lowest BCUT2D eigenvalue weighted by Gasteiger charge is -2.11. The Balaban J connectivity index is 1.30. The number of fused-ring (bicyclic) bond motifs is 1. The predicted octanol–water partition coefficient (Wildman–Crippen LogP) is 10.0. The van der Waals surface area contributed by atoms with E-state index in [1.165, 1.54) is 5.56 Å². The second kappa shape index (κ2) is 10.8. The number of rotatable bonds is 5. The average molecular weight is 546 g/mol. The molecule has 1 heterocycles. The van der Waals surface area contributed by atoms with Crippen LogP contribution >= 0.6 is 11.6 Å². The van der Waals surface area contributed by atoms with Crippen molar-refractivity contribution >= 4 is 22.4 Å². The van der Waals surface area contributed by atoms with Gasteiger partial charge in [-0.15, -0.1) is 0 Å². The second-order valence-corrected chi connectivity index (χ2v) is 10.3. The van der Waals surface area contributed by atoms with Crippen LogP contribution in [-0.2, 0) is 0 Å². The summed E-state index contributed by atoms with van der Waals surface area (Å²) in [5.41, 5.74) is 7.31. The zero-order valence-electron chi connectivity index (χ0n) is 22.1. The highest BCUT2D eigenvalue weighted by Crippen LogP contribution is 2.33. The maximum absolute atomic E-state index is 6.47. The SMILES string of the molecule is Clc1cc(-c2ccc(-c3nc(-c4ccccc4)nc(-c4ccc(-c5ccccc5)cc4)n3)cc2)c2ccccc2c1. The molecule has 0 fully saturated rings. The maximum atomic E-state index is 6.47. The van der Waals surface area contributed by atoms with Gasteiger partial charge in [-0.05, 0) is 45.2 Å². The zero-order chi connectivity index (χ0) is 27.6. The summed E-state index contributed by atoms with van der Waals surface area (Å²) in [4.78, 5) is 14.7. The topological polar surface area (TPSA) is 38.7 Å². The highest BCUT2D eigenvalue weighted by atomic mass is 35.5. The Morgan fingerprint density at radius 3 is 1.37 bits per heavy atom. The summed E-state index contributed by atoms with van der Waals surface area (Å²) in [5, 5.41) is 3.00. The van der Waals surface area contributed by atoms with Gasteiger partial charge in [0.05, 0.1) is 0 Å². The summed E-state index contributed by atoms with van der Waals surface area (Å²) in [6.45, 7) is 0. The Kier molecular flexibility index (Phi) is 6.56. The lowest BCUT2D eigenvalue weighted by molar-refractivity contribution is 1.07. The zero-order valence-corrected chi connectivity index (χ0v) is 22.8. The van der Waals surface area contributed by atoms with Crippen molar-refractivity contribution in [3.63, 3.8) is 0 Å². The van der Waals surface area contributed by atoms with Crippen LogP contribution in [0.1, 0.15) is 0 Å². The van der Waals surface area contributed by atoms with Gasteiger partial charge in [0.2, 0.25) is 0 Å². The Morgan fingerprint density at radius 1 is 0.366 bits per heavy atom. The molecule has 1 aromatic heterocycles. The van der Waals surface area contributed by atoms with Crippen molar-refractivity contribution < 1.29 is 0 Å². The van der Waals surface area contributed by atoms with Crippen molar-refractivity contribution in [2.75, 3.05) is 0 Å². The molecule has 194 valence electrons. The van der Waals surface area contributed by atoms with Crippen LogP contribution in [0.3, 0.4) is 0 Å². The van der Waals surface area contributed by atoms with Crippen LogP contribution in [0.25, 0.3) is 67.2 Å². The van der Waals surface area contributed by atoms with Gasteiger partial charge in [0.1, 0.15) is 0 Å². The van der Waals surface area contributed by atoms with Crippen molar-refractivity contribution in [3.8, 4) is 56.4 Å². The van der Waals surface area contributed by atoms with E-state index in [2.05, 4.69) is 78.9 Å². The van der Waals surface area contributed by atoms with E-state index in [0.29, 0.717) is 17.5 Å². The molecular formula is C37H24ClN3. The molecule has 7 rings (SSSR count). The van der Waals surface area contributed by atoms with Crippen LogP contribution in [0, 0.1) is 0 Å². The molecule has 0 bridgehead atoms. The maximum Gasteiger partial charge on any atom is 0.164 e. The first-order chi connectivity index (χ1) is 20.2. The third kappa shape index (κ3) is 5.11. The van der Waals surface area contributed by atoms with E-state index < -0.39 is 0 Å². The molecule has 0 N–H and O–H groups in total. The predicted molar refractivity (Wildman–Crippen MR) is 170 cm³/mol. The number of benzene rings is 6. The van der Waals surface area contributed by atoms with Gasteiger partial charge < -0.3 is 0 Å². The van der Waals surface area contributed by atoms with Crippen molar-refractivity contribution in [1.82, 2.24) is 15.0 Å². The summed E-state index contributed by atoms with van der Waals surface area (Å²) in [7, 11) is 0. The van der Waals surface area contributed by atoms with E-state index in [1.54, 1.807) is 0 Å². The first-order valence-corrected chi connectivity index (χ1v) is 13.9. The van der Waals surface area contributed by atoms with Gasteiger partial charge in [0, 0.05) is 21.7 Å². The van der Waals surface area contributed by atoms with Gasteiger partial charge in [-0.3, -0.25) is 0 Å². The van der Waals surface area contributed by atoms with Gasteiger partial charge in [0.25, 0.3) is 0 Å². The molecule has 3 nitrogen and oxygen atoms in total. The fourth-order valence-electron chi connectivity index (χ4n) is 5.10. The molecule has 0 aliphatic carbocycles. The van der Waals surface area contributed by atoms with Gasteiger partial charge in [0.15, 0.2) is 17.5 Å².